The van der Waals surface area contributed by atoms with E-state index in [2.05, 4.69) is 36.1 Å². The van der Waals surface area contributed by atoms with E-state index in [1.165, 1.54) is 5.56 Å². The van der Waals surface area contributed by atoms with E-state index in [0.29, 0.717) is 5.92 Å². The van der Waals surface area contributed by atoms with Crippen molar-refractivity contribution in [2.24, 2.45) is 5.92 Å². The molecule has 0 aliphatic carbocycles. The van der Waals surface area contributed by atoms with E-state index in [4.69, 9.17) is 0 Å². The van der Waals surface area contributed by atoms with Crippen molar-refractivity contribution in [3.8, 4) is 0 Å². The molecule has 2 rings (SSSR count). The van der Waals surface area contributed by atoms with Crippen molar-refractivity contribution in [2.75, 3.05) is 13.1 Å². The van der Waals surface area contributed by atoms with Crippen LogP contribution in [0, 0.1) is 5.92 Å². The van der Waals surface area contributed by atoms with Crippen molar-refractivity contribution in [2.45, 2.75) is 26.0 Å². The topological polar surface area (TPSA) is 23.5 Å². The molecule has 1 aliphatic heterocycles. The molecule has 1 aromatic carbocycles. The first-order chi connectivity index (χ1) is 7.25. The van der Waals surface area contributed by atoms with Crippen LogP contribution in [-0.4, -0.2) is 29.2 Å². The molecule has 1 aliphatic rings. The first-order valence-electron chi connectivity index (χ1n) is 5.70. The molecule has 82 valence electrons. The molecule has 1 saturated heterocycles. The monoisotopic (exact) mass is 205 g/mol. The number of aliphatic hydroxyl groups excluding tert-OH is 1. The lowest BCUT2D eigenvalue weighted by Crippen LogP contribution is -2.41. The van der Waals surface area contributed by atoms with Crippen LogP contribution >= 0.6 is 0 Å². The highest BCUT2D eigenvalue weighted by Crippen LogP contribution is 2.18. The minimum atomic E-state index is -0.1000. The van der Waals surface area contributed by atoms with Crippen molar-refractivity contribution in [3.63, 3.8) is 0 Å². The molecule has 0 amide bonds. The third kappa shape index (κ3) is 2.80. The van der Waals surface area contributed by atoms with Gasteiger partial charge in [-0.2, -0.15) is 0 Å². The molecule has 2 heteroatoms. The van der Waals surface area contributed by atoms with E-state index in [9.17, 15) is 5.11 Å². The number of benzene rings is 1. The zero-order valence-corrected chi connectivity index (χ0v) is 9.26. The van der Waals surface area contributed by atoms with Gasteiger partial charge in [0.15, 0.2) is 0 Å². The molecule has 1 aromatic rings. The summed E-state index contributed by atoms with van der Waals surface area (Å²) in [5, 5.41) is 9.63. The van der Waals surface area contributed by atoms with Crippen LogP contribution in [0.3, 0.4) is 0 Å². The lowest BCUT2D eigenvalue weighted by molar-refractivity contribution is 0.0320. The summed E-state index contributed by atoms with van der Waals surface area (Å²) >= 11 is 0. The Morgan fingerprint density at radius 2 is 2.07 bits per heavy atom. The number of nitrogens with zero attached hydrogens (tertiary/aromatic N) is 1. The number of aliphatic hydroxyl groups is 1. The zero-order chi connectivity index (χ0) is 10.7. The maximum atomic E-state index is 9.63. The highest BCUT2D eigenvalue weighted by molar-refractivity contribution is 5.14. The second-order valence-corrected chi connectivity index (χ2v) is 4.55. The fraction of sp³-hybridized carbons (Fsp3) is 0.538. The van der Waals surface area contributed by atoms with Gasteiger partial charge in [-0.3, -0.25) is 4.90 Å². The Hall–Kier alpha value is -0.860. The Morgan fingerprint density at radius 3 is 2.73 bits per heavy atom. The van der Waals surface area contributed by atoms with Gasteiger partial charge in [-0.1, -0.05) is 37.3 Å². The van der Waals surface area contributed by atoms with Gasteiger partial charge in [0, 0.05) is 19.6 Å². The molecule has 0 aromatic heterocycles. The highest BCUT2D eigenvalue weighted by Gasteiger charge is 2.23. The molecule has 0 spiro atoms. The van der Waals surface area contributed by atoms with Crippen LogP contribution < -0.4 is 0 Å². The predicted molar refractivity (Wildman–Crippen MR) is 61.5 cm³/mol. The van der Waals surface area contributed by atoms with Crippen molar-refractivity contribution in [1.82, 2.24) is 4.90 Å². The highest BCUT2D eigenvalue weighted by atomic mass is 16.3. The third-order valence-electron chi connectivity index (χ3n) is 3.19. The molecular weight excluding hydrogens is 186 g/mol. The number of rotatable bonds is 2. The van der Waals surface area contributed by atoms with Crippen LogP contribution in [-0.2, 0) is 6.54 Å². The molecule has 15 heavy (non-hydrogen) atoms. The Bertz CT molecular complexity index is 299. The van der Waals surface area contributed by atoms with Crippen LogP contribution in [0.5, 0.6) is 0 Å². The molecular formula is C13H19NO. The van der Waals surface area contributed by atoms with E-state index in [0.717, 1.165) is 26.1 Å². The molecule has 0 saturated carbocycles. The third-order valence-corrected chi connectivity index (χ3v) is 3.19. The van der Waals surface area contributed by atoms with Crippen LogP contribution in [0.1, 0.15) is 18.9 Å². The molecule has 1 heterocycles. The maximum absolute atomic E-state index is 9.63. The van der Waals surface area contributed by atoms with Crippen LogP contribution in [0.2, 0.25) is 0 Å². The van der Waals surface area contributed by atoms with E-state index < -0.39 is 0 Å². The molecule has 0 radical (unpaired) electrons. The van der Waals surface area contributed by atoms with E-state index in [-0.39, 0.29) is 6.10 Å². The van der Waals surface area contributed by atoms with Gasteiger partial charge in [0.05, 0.1) is 6.10 Å². The standard InChI is InChI=1S/C13H19NO/c1-11-9-14(8-7-13(11)15)10-12-5-3-2-4-6-12/h2-6,11,13,15H,7-10H2,1H3/t11-,13-/m0/s1. The maximum Gasteiger partial charge on any atom is 0.0590 e. The fourth-order valence-electron chi connectivity index (χ4n) is 2.20. The summed E-state index contributed by atoms with van der Waals surface area (Å²) in [4.78, 5) is 2.42. The van der Waals surface area contributed by atoms with Gasteiger partial charge in [-0.05, 0) is 17.9 Å². The SMILES string of the molecule is C[C@H]1CN(Cc2ccccc2)CC[C@@H]1O. The second kappa shape index (κ2) is 4.77. The Balaban J connectivity index is 1.91. The van der Waals surface area contributed by atoms with Crippen molar-refractivity contribution in [1.29, 1.82) is 0 Å². The second-order valence-electron chi connectivity index (χ2n) is 4.55. The largest absolute Gasteiger partial charge is 0.393 e. The fourth-order valence-corrected chi connectivity index (χ4v) is 2.20. The summed E-state index contributed by atoms with van der Waals surface area (Å²) in [7, 11) is 0. The smallest absolute Gasteiger partial charge is 0.0590 e. The van der Waals surface area contributed by atoms with Gasteiger partial charge >= 0.3 is 0 Å². The zero-order valence-electron chi connectivity index (χ0n) is 9.26. The lowest BCUT2D eigenvalue weighted by Gasteiger charge is -2.34. The van der Waals surface area contributed by atoms with Gasteiger partial charge in [0.2, 0.25) is 0 Å². The summed E-state index contributed by atoms with van der Waals surface area (Å²) < 4.78 is 0. The summed E-state index contributed by atoms with van der Waals surface area (Å²) in [5.41, 5.74) is 1.36. The average molecular weight is 205 g/mol. The van der Waals surface area contributed by atoms with Gasteiger partial charge in [0.25, 0.3) is 0 Å². The Labute approximate surface area is 91.5 Å². The number of hydrogen-bond donors (Lipinski definition) is 1. The number of likely N-dealkylation sites (tertiary alicyclic amines) is 1. The minimum Gasteiger partial charge on any atom is -0.393 e. The first-order valence-corrected chi connectivity index (χ1v) is 5.70. The molecule has 1 N–H and O–H groups in total. The quantitative estimate of drug-likeness (QED) is 0.797. The molecule has 2 atom stereocenters. The normalized spacial score (nSPS) is 27.9. The van der Waals surface area contributed by atoms with E-state index in [1.807, 2.05) is 6.07 Å². The first kappa shape index (κ1) is 10.7. The van der Waals surface area contributed by atoms with Gasteiger partial charge < -0.3 is 5.11 Å². The van der Waals surface area contributed by atoms with Crippen LogP contribution in [0.15, 0.2) is 30.3 Å². The average Bonchev–Trinajstić information content (AvgIpc) is 2.25. The molecule has 1 fully saturated rings. The summed E-state index contributed by atoms with van der Waals surface area (Å²) in [6.07, 6.45) is 0.811. The molecule has 0 bridgehead atoms. The number of hydrogen-bond acceptors (Lipinski definition) is 2. The van der Waals surface area contributed by atoms with E-state index in [1.54, 1.807) is 0 Å². The molecule has 2 nitrogen and oxygen atoms in total. The van der Waals surface area contributed by atoms with Crippen molar-refractivity contribution >= 4 is 0 Å². The minimum absolute atomic E-state index is 0.1000. The van der Waals surface area contributed by atoms with Crippen molar-refractivity contribution in [3.05, 3.63) is 35.9 Å². The number of piperidine rings is 1. The van der Waals surface area contributed by atoms with Gasteiger partial charge in [-0.15, -0.1) is 0 Å². The summed E-state index contributed by atoms with van der Waals surface area (Å²) in [5.74, 6) is 0.405. The summed E-state index contributed by atoms with van der Waals surface area (Å²) in [6.45, 7) is 5.16. The summed E-state index contributed by atoms with van der Waals surface area (Å²) in [6, 6.07) is 10.5. The van der Waals surface area contributed by atoms with Gasteiger partial charge in [-0.25, -0.2) is 0 Å². The van der Waals surface area contributed by atoms with Crippen LogP contribution in [0.25, 0.3) is 0 Å². The Morgan fingerprint density at radius 1 is 1.33 bits per heavy atom. The van der Waals surface area contributed by atoms with E-state index >= 15 is 0 Å². The Kier molecular flexibility index (Phi) is 3.39. The predicted octanol–water partition coefficient (Wildman–Crippen LogP) is 1.89. The van der Waals surface area contributed by atoms with Crippen molar-refractivity contribution < 1.29 is 5.11 Å². The van der Waals surface area contributed by atoms with Gasteiger partial charge in [0.1, 0.15) is 0 Å². The van der Waals surface area contributed by atoms with Crippen LogP contribution in [0.4, 0.5) is 0 Å². The molecule has 0 unspecified atom stereocenters. The lowest BCUT2D eigenvalue weighted by atomic mass is 9.96.